The van der Waals surface area contributed by atoms with Gasteiger partial charge < -0.3 is 28.8 Å². The van der Waals surface area contributed by atoms with Gasteiger partial charge in [0.15, 0.2) is 17.2 Å². The second kappa shape index (κ2) is 10.9. The molecule has 1 aromatic heterocycles. The summed E-state index contributed by atoms with van der Waals surface area (Å²) in [5.41, 5.74) is -1.78. The second-order valence-electron chi connectivity index (χ2n) is 6.83. The molecule has 0 saturated carbocycles. The van der Waals surface area contributed by atoms with Crippen LogP contribution in [0.15, 0.2) is 12.1 Å². The Morgan fingerprint density at radius 1 is 1.09 bits per heavy atom. The number of methoxy groups -OCH3 is 2. The van der Waals surface area contributed by atoms with Crippen molar-refractivity contribution < 1.29 is 48.1 Å². The summed E-state index contributed by atoms with van der Waals surface area (Å²) >= 11 is 0. The molecule has 1 atom stereocenters. The van der Waals surface area contributed by atoms with Gasteiger partial charge in [0.2, 0.25) is 12.5 Å². The molecular formula is C19H22N4O11. The van der Waals surface area contributed by atoms with Crippen LogP contribution in [-0.2, 0) is 20.9 Å². The van der Waals surface area contributed by atoms with Crippen LogP contribution in [0, 0.1) is 10.1 Å². The molecule has 1 unspecified atom stereocenters. The number of benzene rings is 1. The fourth-order valence-electron chi connectivity index (χ4n) is 2.73. The zero-order valence-electron chi connectivity index (χ0n) is 18.8. The van der Waals surface area contributed by atoms with E-state index < -0.39 is 58.9 Å². The highest BCUT2D eigenvalue weighted by molar-refractivity contribution is 6.11. The molecule has 1 N–H and O–H groups in total. The number of hydrogen-bond acceptors (Lipinski definition) is 12. The van der Waals surface area contributed by atoms with Crippen molar-refractivity contribution in [2.45, 2.75) is 39.7 Å². The van der Waals surface area contributed by atoms with Crippen LogP contribution in [0.1, 0.15) is 48.6 Å². The minimum atomic E-state index is -1.66. The van der Waals surface area contributed by atoms with Crippen LogP contribution in [0.25, 0.3) is 0 Å². The monoisotopic (exact) mass is 482 g/mol. The molecule has 0 bridgehead atoms. The van der Waals surface area contributed by atoms with Crippen molar-refractivity contribution >= 4 is 23.8 Å². The molecule has 34 heavy (non-hydrogen) atoms. The first-order valence-electron chi connectivity index (χ1n) is 9.61. The van der Waals surface area contributed by atoms with E-state index in [1.807, 2.05) is 0 Å². The summed E-state index contributed by atoms with van der Waals surface area (Å²) in [6.45, 7) is 3.88. The summed E-state index contributed by atoms with van der Waals surface area (Å²) in [6.07, 6.45) is -4.45. The summed E-state index contributed by atoms with van der Waals surface area (Å²) < 4.78 is 24.5. The van der Waals surface area contributed by atoms with Crippen molar-refractivity contribution in [3.63, 3.8) is 0 Å². The molecule has 2 aromatic rings. The average molecular weight is 482 g/mol. The second-order valence-corrected chi connectivity index (χ2v) is 6.83. The lowest BCUT2D eigenvalue weighted by Gasteiger charge is -2.11. The van der Waals surface area contributed by atoms with Gasteiger partial charge >= 0.3 is 12.3 Å². The Kier molecular flexibility index (Phi) is 8.30. The van der Waals surface area contributed by atoms with E-state index in [9.17, 15) is 24.5 Å². The molecule has 0 aliphatic heterocycles. The molecule has 0 aliphatic carbocycles. The maximum atomic E-state index is 13.3. The lowest BCUT2D eigenvalue weighted by Crippen LogP contribution is -2.16. The van der Waals surface area contributed by atoms with Crippen LogP contribution in [0.5, 0.6) is 11.5 Å². The maximum absolute atomic E-state index is 13.3. The van der Waals surface area contributed by atoms with Crippen LogP contribution in [0.2, 0.25) is 0 Å². The van der Waals surface area contributed by atoms with Crippen LogP contribution >= 0.6 is 0 Å². The number of ether oxygens (including phenoxy) is 5. The SMILES string of the molecule is COc1cc(C(=O)c2nn(COC(=O)OC(C)C)nc2C(C)OC(=O)O)c([N+](=O)[O-])cc1OC. The van der Waals surface area contributed by atoms with Gasteiger partial charge in [-0.2, -0.15) is 5.10 Å². The Labute approximate surface area is 192 Å². The zero-order chi connectivity index (χ0) is 25.6. The van der Waals surface area contributed by atoms with Gasteiger partial charge in [0.1, 0.15) is 17.4 Å². The number of hydrogen-bond donors (Lipinski definition) is 1. The molecule has 0 amide bonds. The van der Waals surface area contributed by atoms with Crippen LogP contribution in [0.3, 0.4) is 0 Å². The minimum Gasteiger partial charge on any atom is -0.493 e. The van der Waals surface area contributed by atoms with Gasteiger partial charge in [-0.05, 0) is 20.8 Å². The number of nitro groups is 1. The first kappa shape index (κ1) is 25.8. The molecule has 184 valence electrons. The highest BCUT2D eigenvalue weighted by Crippen LogP contribution is 2.36. The molecule has 0 spiro atoms. The third kappa shape index (κ3) is 6.08. The summed E-state index contributed by atoms with van der Waals surface area (Å²) in [5.74, 6) is -0.950. The number of carbonyl (C=O) groups is 3. The Morgan fingerprint density at radius 3 is 2.24 bits per heavy atom. The first-order chi connectivity index (χ1) is 16.0. The van der Waals surface area contributed by atoms with Crippen LogP contribution in [-0.4, -0.2) is 63.4 Å². The van der Waals surface area contributed by atoms with Gasteiger partial charge in [-0.15, -0.1) is 9.90 Å². The molecular weight excluding hydrogens is 460 g/mol. The van der Waals surface area contributed by atoms with Crippen molar-refractivity contribution in [2.75, 3.05) is 14.2 Å². The summed E-state index contributed by atoms with van der Waals surface area (Å²) in [7, 11) is 2.54. The van der Waals surface area contributed by atoms with Crippen molar-refractivity contribution in [3.05, 3.63) is 39.2 Å². The van der Waals surface area contributed by atoms with Crippen molar-refractivity contribution in [3.8, 4) is 11.5 Å². The van der Waals surface area contributed by atoms with E-state index in [1.165, 1.54) is 21.1 Å². The number of carbonyl (C=O) groups excluding carboxylic acids is 2. The number of aromatic nitrogens is 3. The highest BCUT2D eigenvalue weighted by atomic mass is 16.7. The molecule has 0 saturated heterocycles. The van der Waals surface area contributed by atoms with E-state index in [0.29, 0.717) is 0 Å². The van der Waals surface area contributed by atoms with Gasteiger partial charge in [-0.1, -0.05) is 0 Å². The fourth-order valence-corrected chi connectivity index (χ4v) is 2.73. The van der Waals surface area contributed by atoms with Gasteiger partial charge in [0.25, 0.3) is 5.69 Å². The Bertz CT molecular complexity index is 1100. The van der Waals surface area contributed by atoms with E-state index in [2.05, 4.69) is 14.9 Å². The highest BCUT2D eigenvalue weighted by Gasteiger charge is 2.32. The molecule has 15 nitrogen and oxygen atoms in total. The molecule has 1 aromatic carbocycles. The Morgan fingerprint density at radius 2 is 1.71 bits per heavy atom. The lowest BCUT2D eigenvalue weighted by atomic mass is 10.0. The third-order valence-electron chi connectivity index (χ3n) is 4.13. The van der Waals surface area contributed by atoms with Crippen LogP contribution in [0.4, 0.5) is 15.3 Å². The van der Waals surface area contributed by atoms with E-state index in [-0.39, 0.29) is 17.2 Å². The van der Waals surface area contributed by atoms with E-state index in [4.69, 9.17) is 24.1 Å². The quantitative estimate of drug-likeness (QED) is 0.225. The third-order valence-corrected chi connectivity index (χ3v) is 4.13. The smallest absolute Gasteiger partial charge is 0.493 e. The van der Waals surface area contributed by atoms with E-state index in [0.717, 1.165) is 16.9 Å². The predicted molar refractivity (Wildman–Crippen MR) is 110 cm³/mol. The molecule has 15 heteroatoms. The number of nitro benzene ring substituents is 1. The van der Waals surface area contributed by atoms with Gasteiger partial charge in [0.05, 0.1) is 31.3 Å². The Hall–Kier alpha value is -4.43. The largest absolute Gasteiger partial charge is 0.510 e. The summed E-state index contributed by atoms with van der Waals surface area (Å²) in [6, 6.07) is 2.08. The van der Waals surface area contributed by atoms with Gasteiger partial charge in [-0.25, -0.2) is 9.59 Å². The topological polar surface area (TPSA) is 191 Å². The summed E-state index contributed by atoms with van der Waals surface area (Å²) in [5, 5.41) is 28.4. The predicted octanol–water partition coefficient (Wildman–Crippen LogP) is 2.71. The molecule has 0 aliphatic rings. The van der Waals surface area contributed by atoms with Crippen molar-refractivity contribution in [2.24, 2.45) is 0 Å². The van der Waals surface area contributed by atoms with Gasteiger partial charge in [-0.3, -0.25) is 14.9 Å². The standard InChI is InChI=1S/C19H22N4O11/c1-9(2)33-19(27)32-8-22-20-15(10(3)34-18(25)26)16(21-22)17(24)11-6-13(30-4)14(31-5)7-12(11)23(28)29/h6-7,9-10H,8H2,1-5H3,(H,25,26). The molecule has 0 radical (unpaired) electrons. The molecule has 1 heterocycles. The van der Waals surface area contributed by atoms with Crippen molar-refractivity contribution in [1.82, 2.24) is 15.0 Å². The number of nitrogens with zero attached hydrogens (tertiary/aromatic N) is 4. The number of carboxylic acid groups (broad SMARTS) is 1. The summed E-state index contributed by atoms with van der Waals surface area (Å²) in [4.78, 5) is 47.5. The number of ketones is 1. The van der Waals surface area contributed by atoms with Crippen LogP contribution < -0.4 is 9.47 Å². The van der Waals surface area contributed by atoms with E-state index >= 15 is 0 Å². The Balaban J connectivity index is 2.54. The van der Waals surface area contributed by atoms with Crippen molar-refractivity contribution in [1.29, 1.82) is 0 Å². The first-order valence-corrected chi connectivity index (χ1v) is 9.61. The van der Waals surface area contributed by atoms with E-state index in [1.54, 1.807) is 13.8 Å². The molecule has 2 rings (SSSR count). The maximum Gasteiger partial charge on any atom is 0.510 e. The fraction of sp³-hybridized carbons (Fsp3) is 0.421. The lowest BCUT2D eigenvalue weighted by molar-refractivity contribution is -0.385. The van der Waals surface area contributed by atoms with Gasteiger partial charge in [0, 0.05) is 6.07 Å². The number of rotatable bonds is 10. The molecule has 0 fully saturated rings. The average Bonchev–Trinajstić information content (AvgIpc) is 3.19. The minimum absolute atomic E-state index is 0.00858. The zero-order valence-corrected chi connectivity index (χ0v) is 18.8. The normalized spacial score (nSPS) is 11.5.